The number of methoxy groups -OCH3 is 1. The summed E-state index contributed by atoms with van der Waals surface area (Å²) in [6.07, 6.45) is 1.44. The molecule has 1 atom stereocenters. The number of sulfonamides is 1. The highest BCUT2D eigenvalue weighted by atomic mass is 35.5. The lowest BCUT2D eigenvalue weighted by Gasteiger charge is -2.15. The van der Waals surface area contributed by atoms with E-state index >= 15 is 0 Å². The Morgan fingerprint density at radius 1 is 1.25 bits per heavy atom. The predicted octanol–water partition coefficient (Wildman–Crippen LogP) is 3.09. The molecule has 0 radical (unpaired) electrons. The number of rotatable bonds is 4. The van der Waals surface area contributed by atoms with Gasteiger partial charge in [-0.3, -0.25) is 0 Å². The van der Waals surface area contributed by atoms with E-state index < -0.39 is 16.0 Å². The van der Waals surface area contributed by atoms with E-state index in [1.54, 1.807) is 6.07 Å². The smallest absolute Gasteiger partial charge is 0.337 e. The number of carbonyl (C=O) groups excluding carboxylic acids is 1. The van der Waals surface area contributed by atoms with Gasteiger partial charge in [0.05, 0.1) is 17.6 Å². The zero-order chi connectivity index (χ0) is 17.3. The number of benzene rings is 2. The van der Waals surface area contributed by atoms with Crippen molar-refractivity contribution in [2.24, 2.45) is 0 Å². The number of aryl methyl sites for hydroxylation is 1. The second-order valence-electron chi connectivity index (χ2n) is 5.58. The first-order chi connectivity index (χ1) is 11.4. The highest BCUT2D eigenvalue weighted by Gasteiger charge is 2.28. The summed E-state index contributed by atoms with van der Waals surface area (Å²) in [5.41, 5.74) is 2.18. The molecule has 0 amide bonds. The van der Waals surface area contributed by atoms with Crippen LogP contribution in [0.3, 0.4) is 0 Å². The Morgan fingerprint density at radius 3 is 2.79 bits per heavy atom. The summed E-state index contributed by atoms with van der Waals surface area (Å²) in [6.45, 7) is 0. The van der Waals surface area contributed by atoms with Crippen molar-refractivity contribution >= 4 is 27.6 Å². The van der Waals surface area contributed by atoms with Gasteiger partial charge in [0.2, 0.25) is 10.0 Å². The molecule has 2 aromatic rings. The number of esters is 1. The van der Waals surface area contributed by atoms with Crippen LogP contribution in [0, 0.1) is 0 Å². The molecule has 7 heteroatoms. The molecule has 0 aromatic heterocycles. The number of halogens is 1. The van der Waals surface area contributed by atoms with Gasteiger partial charge in [0.1, 0.15) is 0 Å². The van der Waals surface area contributed by atoms with Crippen molar-refractivity contribution in [1.82, 2.24) is 4.72 Å². The van der Waals surface area contributed by atoms with Crippen molar-refractivity contribution < 1.29 is 17.9 Å². The summed E-state index contributed by atoms with van der Waals surface area (Å²) in [4.78, 5) is 11.6. The molecule has 1 N–H and O–H groups in total. The first-order valence-corrected chi connectivity index (χ1v) is 9.26. The summed E-state index contributed by atoms with van der Waals surface area (Å²) in [5, 5.41) is 0.642. The SMILES string of the molecule is COC(=O)c1cccc(S(=O)(=O)NC2CCc3cc(Cl)ccc32)c1. The average Bonchev–Trinajstić information content (AvgIpc) is 2.95. The van der Waals surface area contributed by atoms with Gasteiger partial charge >= 0.3 is 5.97 Å². The van der Waals surface area contributed by atoms with Gasteiger partial charge in [0, 0.05) is 11.1 Å². The highest BCUT2D eigenvalue weighted by Crippen LogP contribution is 2.34. The predicted molar refractivity (Wildman–Crippen MR) is 90.6 cm³/mol. The van der Waals surface area contributed by atoms with Crippen LogP contribution in [-0.4, -0.2) is 21.5 Å². The average molecular weight is 366 g/mol. The lowest BCUT2D eigenvalue weighted by Crippen LogP contribution is -2.27. The molecule has 0 bridgehead atoms. The Labute approximate surface area is 145 Å². The first kappa shape index (κ1) is 17.0. The van der Waals surface area contributed by atoms with Crippen LogP contribution < -0.4 is 4.72 Å². The summed E-state index contributed by atoms with van der Waals surface area (Å²) in [6, 6.07) is 11.0. The summed E-state index contributed by atoms with van der Waals surface area (Å²) in [5.74, 6) is -0.576. The third-order valence-corrected chi connectivity index (χ3v) is 5.75. The van der Waals surface area contributed by atoms with Gasteiger partial charge in [0.25, 0.3) is 0 Å². The third kappa shape index (κ3) is 3.31. The van der Waals surface area contributed by atoms with Crippen LogP contribution >= 0.6 is 11.6 Å². The maximum Gasteiger partial charge on any atom is 0.337 e. The lowest BCUT2D eigenvalue weighted by atomic mass is 10.1. The monoisotopic (exact) mass is 365 g/mol. The van der Waals surface area contributed by atoms with Gasteiger partial charge in [0.15, 0.2) is 0 Å². The van der Waals surface area contributed by atoms with Gasteiger partial charge in [-0.2, -0.15) is 0 Å². The van der Waals surface area contributed by atoms with Gasteiger partial charge in [-0.25, -0.2) is 17.9 Å². The molecule has 1 unspecified atom stereocenters. The molecule has 0 fully saturated rings. The molecule has 0 spiro atoms. The summed E-state index contributed by atoms with van der Waals surface area (Å²) < 4.78 is 32.6. The minimum Gasteiger partial charge on any atom is -0.465 e. The Hall–Kier alpha value is -1.89. The van der Waals surface area contributed by atoms with Crippen molar-refractivity contribution in [3.63, 3.8) is 0 Å². The quantitative estimate of drug-likeness (QED) is 0.845. The molecule has 1 aliphatic rings. The second kappa shape index (κ2) is 6.55. The fourth-order valence-corrected chi connectivity index (χ4v) is 4.36. The van der Waals surface area contributed by atoms with Gasteiger partial charge in [-0.05, 0) is 54.3 Å². The molecule has 24 heavy (non-hydrogen) atoms. The number of carbonyl (C=O) groups is 1. The molecule has 0 aliphatic heterocycles. The molecule has 2 aromatic carbocycles. The fraction of sp³-hybridized carbons (Fsp3) is 0.235. The Kier molecular flexibility index (Phi) is 4.62. The van der Waals surface area contributed by atoms with E-state index in [2.05, 4.69) is 9.46 Å². The molecular weight excluding hydrogens is 350 g/mol. The minimum absolute atomic E-state index is 0.0350. The van der Waals surface area contributed by atoms with Gasteiger partial charge in [-0.15, -0.1) is 0 Å². The van der Waals surface area contributed by atoms with Crippen LogP contribution in [0.5, 0.6) is 0 Å². The van der Waals surface area contributed by atoms with Crippen molar-refractivity contribution in [1.29, 1.82) is 0 Å². The molecule has 126 valence electrons. The maximum absolute atomic E-state index is 12.6. The largest absolute Gasteiger partial charge is 0.465 e. The first-order valence-electron chi connectivity index (χ1n) is 7.40. The number of hydrogen-bond acceptors (Lipinski definition) is 4. The molecule has 0 saturated carbocycles. The van der Waals surface area contributed by atoms with Crippen molar-refractivity contribution in [2.75, 3.05) is 7.11 Å². The molecular formula is C17H16ClNO4S. The van der Waals surface area contributed by atoms with Crippen LogP contribution in [0.1, 0.15) is 33.9 Å². The summed E-state index contributed by atoms with van der Waals surface area (Å²) >= 11 is 5.98. The lowest BCUT2D eigenvalue weighted by molar-refractivity contribution is 0.0600. The Bertz CT molecular complexity index is 895. The summed E-state index contributed by atoms with van der Waals surface area (Å²) in [7, 11) is -2.50. The van der Waals surface area contributed by atoms with E-state index in [0.29, 0.717) is 11.4 Å². The molecule has 5 nitrogen and oxygen atoms in total. The van der Waals surface area contributed by atoms with E-state index in [4.69, 9.17) is 11.6 Å². The van der Waals surface area contributed by atoms with Crippen LogP contribution in [0.4, 0.5) is 0 Å². The number of fused-ring (bicyclic) bond motifs is 1. The van der Waals surface area contributed by atoms with E-state index in [-0.39, 0.29) is 16.5 Å². The second-order valence-corrected chi connectivity index (χ2v) is 7.73. The topological polar surface area (TPSA) is 72.5 Å². The molecule has 0 heterocycles. The zero-order valence-corrected chi connectivity index (χ0v) is 14.5. The normalized spacial score (nSPS) is 16.7. The maximum atomic E-state index is 12.6. The number of nitrogens with one attached hydrogen (secondary N) is 1. The van der Waals surface area contributed by atoms with E-state index in [0.717, 1.165) is 17.5 Å². The van der Waals surface area contributed by atoms with Crippen molar-refractivity contribution in [3.8, 4) is 0 Å². The highest BCUT2D eigenvalue weighted by molar-refractivity contribution is 7.89. The van der Waals surface area contributed by atoms with Crippen molar-refractivity contribution in [2.45, 2.75) is 23.8 Å². The molecule has 3 rings (SSSR count). The van der Waals surface area contributed by atoms with E-state index in [9.17, 15) is 13.2 Å². The molecule has 0 saturated heterocycles. The van der Waals surface area contributed by atoms with E-state index in [1.807, 2.05) is 12.1 Å². The standard InChI is InChI=1S/C17H16ClNO4S/c1-23-17(20)12-3-2-4-14(10-12)24(21,22)19-16-8-5-11-9-13(18)6-7-15(11)16/h2-4,6-7,9-10,16,19H,5,8H2,1H3. The third-order valence-electron chi connectivity index (χ3n) is 4.05. The van der Waals surface area contributed by atoms with E-state index in [1.165, 1.54) is 31.4 Å². The number of hydrogen-bond donors (Lipinski definition) is 1. The van der Waals surface area contributed by atoms with Crippen LogP contribution in [0.25, 0.3) is 0 Å². The fourth-order valence-electron chi connectivity index (χ4n) is 2.87. The van der Waals surface area contributed by atoms with Crippen LogP contribution in [0.2, 0.25) is 5.02 Å². The van der Waals surface area contributed by atoms with Crippen molar-refractivity contribution in [3.05, 3.63) is 64.2 Å². The van der Waals surface area contributed by atoms with Gasteiger partial charge < -0.3 is 4.74 Å². The minimum atomic E-state index is -3.75. The zero-order valence-electron chi connectivity index (χ0n) is 13.0. The van der Waals surface area contributed by atoms with Crippen LogP contribution in [0.15, 0.2) is 47.4 Å². The molecule has 1 aliphatic carbocycles. The van der Waals surface area contributed by atoms with Crippen LogP contribution in [-0.2, 0) is 21.2 Å². The number of ether oxygens (including phenoxy) is 1. The van der Waals surface area contributed by atoms with Gasteiger partial charge in [-0.1, -0.05) is 23.7 Å². The Morgan fingerprint density at radius 2 is 2.04 bits per heavy atom. The Balaban J connectivity index is 1.87.